The number of nitrogens with zero attached hydrogens (tertiary/aromatic N) is 4. The summed E-state index contributed by atoms with van der Waals surface area (Å²) in [6.45, 7) is 4.11. The third kappa shape index (κ3) is 1.94. The van der Waals surface area contributed by atoms with Crippen molar-refractivity contribution >= 4 is 28.0 Å². The largest absolute Gasteiger partial charge is 0.384 e. The molecule has 0 atom stereocenters. The molecule has 0 aliphatic rings. The number of fused-ring (bicyclic) bond motifs is 2. The van der Waals surface area contributed by atoms with Crippen LogP contribution in [-0.2, 0) is 0 Å². The number of aryl methyl sites for hydroxylation is 2. The molecular weight excluding hydrogens is 298 g/mol. The first-order valence-electron chi connectivity index (χ1n) is 7.64. The van der Waals surface area contributed by atoms with Gasteiger partial charge < -0.3 is 5.73 Å². The Morgan fingerprint density at radius 1 is 1.00 bits per heavy atom. The van der Waals surface area contributed by atoms with Crippen molar-refractivity contribution in [2.24, 2.45) is 0 Å². The molecule has 2 N–H and O–H groups in total. The van der Waals surface area contributed by atoms with Crippen LogP contribution in [0.1, 0.15) is 16.7 Å². The van der Waals surface area contributed by atoms with Crippen LogP contribution in [0.25, 0.3) is 27.9 Å². The van der Waals surface area contributed by atoms with Gasteiger partial charge in [0.15, 0.2) is 5.65 Å². The van der Waals surface area contributed by atoms with E-state index in [1.165, 1.54) is 5.56 Å². The molecule has 2 heterocycles. The van der Waals surface area contributed by atoms with Crippen molar-refractivity contribution < 1.29 is 0 Å². The van der Waals surface area contributed by atoms with Crippen LogP contribution in [0.4, 0.5) is 5.82 Å². The molecule has 4 aromatic rings. The van der Waals surface area contributed by atoms with Crippen molar-refractivity contribution in [3.63, 3.8) is 0 Å². The van der Waals surface area contributed by atoms with E-state index in [1.807, 2.05) is 49.4 Å². The van der Waals surface area contributed by atoms with Gasteiger partial charge in [0.1, 0.15) is 23.0 Å². The van der Waals surface area contributed by atoms with Crippen LogP contribution >= 0.6 is 0 Å². The number of para-hydroxylation sites is 2. The number of aromatic nitrogens is 3. The highest BCUT2D eigenvalue weighted by Crippen LogP contribution is 2.30. The number of benzene rings is 2. The second kappa shape index (κ2) is 5.07. The normalized spacial score (nSPS) is 11.0. The second-order valence-electron chi connectivity index (χ2n) is 5.86. The Kier molecular flexibility index (Phi) is 3.00. The summed E-state index contributed by atoms with van der Waals surface area (Å²) in [5.41, 5.74) is 12.5. The minimum atomic E-state index is 0.362. The van der Waals surface area contributed by atoms with E-state index in [1.54, 1.807) is 4.57 Å². The fourth-order valence-electron chi connectivity index (χ4n) is 2.90. The van der Waals surface area contributed by atoms with E-state index in [2.05, 4.69) is 18.0 Å². The molecule has 2 aromatic heterocycles. The number of nitrogen functional groups attached to an aromatic ring is 1. The van der Waals surface area contributed by atoms with Crippen LogP contribution < -0.4 is 5.73 Å². The number of nitrogens with two attached hydrogens (primary N) is 1. The van der Waals surface area contributed by atoms with Crippen LogP contribution in [0, 0.1) is 25.2 Å². The molecule has 5 nitrogen and oxygen atoms in total. The summed E-state index contributed by atoms with van der Waals surface area (Å²) >= 11 is 0. The molecule has 0 bridgehead atoms. The topological polar surface area (TPSA) is 80.5 Å². The lowest BCUT2D eigenvalue weighted by atomic mass is 10.1. The van der Waals surface area contributed by atoms with Crippen molar-refractivity contribution in [2.45, 2.75) is 13.8 Å². The second-order valence-corrected chi connectivity index (χ2v) is 5.86. The van der Waals surface area contributed by atoms with Crippen molar-refractivity contribution in [2.75, 3.05) is 5.73 Å². The van der Waals surface area contributed by atoms with Crippen LogP contribution in [0.3, 0.4) is 0 Å². The van der Waals surface area contributed by atoms with Gasteiger partial charge in [-0.05, 0) is 49.2 Å². The summed E-state index contributed by atoms with van der Waals surface area (Å²) in [5, 5.41) is 9.54. The molecule has 5 heteroatoms. The zero-order valence-electron chi connectivity index (χ0n) is 13.4. The quantitative estimate of drug-likeness (QED) is 0.581. The van der Waals surface area contributed by atoms with Crippen LogP contribution in [0.2, 0.25) is 0 Å². The van der Waals surface area contributed by atoms with Crippen LogP contribution in [-0.4, -0.2) is 14.5 Å². The molecule has 0 unspecified atom stereocenters. The van der Waals surface area contributed by atoms with Gasteiger partial charge >= 0.3 is 0 Å². The molecule has 24 heavy (non-hydrogen) atoms. The van der Waals surface area contributed by atoms with E-state index in [0.717, 1.165) is 22.3 Å². The maximum Gasteiger partial charge on any atom is 0.167 e. The van der Waals surface area contributed by atoms with Gasteiger partial charge in [-0.25, -0.2) is 9.97 Å². The molecule has 4 rings (SSSR count). The van der Waals surface area contributed by atoms with Crippen molar-refractivity contribution in [1.82, 2.24) is 14.5 Å². The predicted molar refractivity (Wildman–Crippen MR) is 95.0 cm³/mol. The van der Waals surface area contributed by atoms with Crippen molar-refractivity contribution in [3.8, 4) is 11.8 Å². The van der Waals surface area contributed by atoms with Crippen molar-refractivity contribution in [3.05, 3.63) is 59.2 Å². The van der Waals surface area contributed by atoms with E-state index in [4.69, 9.17) is 10.7 Å². The number of nitriles is 1. The molecule has 0 aliphatic carbocycles. The summed E-state index contributed by atoms with van der Waals surface area (Å²) in [6, 6.07) is 15.8. The van der Waals surface area contributed by atoms with E-state index >= 15 is 0 Å². The molecule has 2 aromatic carbocycles. The lowest BCUT2D eigenvalue weighted by molar-refractivity contribution is 1.10. The first-order chi connectivity index (χ1) is 11.6. The molecule has 0 spiro atoms. The van der Waals surface area contributed by atoms with E-state index in [0.29, 0.717) is 22.5 Å². The third-order valence-corrected chi connectivity index (χ3v) is 4.36. The van der Waals surface area contributed by atoms with E-state index in [-0.39, 0.29) is 0 Å². The zero-order chi connectivity index (χ0) is 16.8. The van der Waals surface area contributed by atoms with E-state index < -0.39 is 0 Å². The smallest absolute Gasteiger partial charge is 0.167 e. The van der Waals surface area contributed by atoms with Gasteiger partial charge in [-0.3, -0.25) is 4.57 Å². The fraction of sp³-hybridized carbons (Fsp3) is 0.105. The molecule has 0 fully saturated rings. The summed E-state index contributed by atoms with van der Waals surface area (Å²) in [7, 11) is 0. The average Bonchev–Trinajstić information content (AvgIpc) is 2.85. The average molecular weight is 313 g/mol. The molecular formula is C19H15N5. The fourth-order valence-corrected chi connectivity index (χ4v) is 2.90. The minimum absolute atomic E-state index is 0.362. The molecule has 116 valence electrons. The van der Waals surface area contributed by atoms with Gasteiger partial charge in [0.25, 0.3) is 0 Å². The van der Waals surface area contributed by atoms with Gasteiger partial charge in [-0.2, -0.15) is 5.26 Å². The summed E-state index contributed by atoms with van der Waals surface area (Å²) in [6.07, 6.45) is 0. The Labute approximate surface area is 139 Å². The van der Waals surface area contributed by atoms with Gasteiger partial charge in [-0.1, -0.05) is 18.2 Å². The highest BCUT2D eigenvalue weighted by Gasteiger charge is 2.19. The number of hydrogen-bond acceptors (Lipinski definition) is 4. The van der Waals surface area contributed by atoms with E-state index in [9.17, 15) is 5.26 Å². The molecule has 0 amide bonds. The van der Waals surface area contributed by atoms with Crippen molar-refractivity contribution in [1.29, 1.82) is 5.26 Å². The zero-order valence-corrected chi connectivity index (χ0v) is 13.4. The Balaban J connectivity index is 2.14. The number of hydrogen-bond donors (Lipinski definition) is 1. The summed E-state index contributed by atoms with van der Waals surface area (Å²) in [5.74, 6) is 0.367. The molecule has 0 saturated heterocycles. The maximum atomic E-state index is 9.54. The van der Waals surface area contributed by atoms with Gasteiger partial charge in [0.05, 0.1) is 11.0 Å². The predicted octanol–water partition coefficient (Wildman–Crippen LogP) is 3.64. The van der Waals surface area contributed by atoms with Crippen LogP contribution in [0.15, 0.2) is 42.5 Å². The van der Waals surface area contributed by atoms with Gasteiger partial charge in [0, 0.05) is 5.69 Å². The standard InChI is InChI=1S/C19H15N5/c1-11-7-8-13(9-12(11)2)24-18(21)14(10-20)17-19(24)23-16-6-4-3-5-15(16)22-17/h3-9H,21H2,1-2H3. The molecule has 0 aliphatic heterocycles. The lowest BCUT2D eigenvalue weighted by Crippen LogP contribution is -2.02. The van der Waals surface area contributed by atoms with Gasteiger partial charge in [0.2, 0.25) is 0 Å². The van der Waals surface area contributed by atoms with Crippen LogP contribution in [0.5, 0.6) is 0 Å². The maximum absolute atomic E-state index is 9.54. The van der Waals surface area contributed by atoms with Gasteiger partial charge in [-0.15, -0.1) is 0 Å². The highest BCUT2D eigenvalue weighted by molar-refractivity contribution is 5.93. The Morgan fingerprint density at radius 2 is 1.71 bits per heavy atom. The Bertz CT molecular complexity index is 1150. The molecule has 0 saturated carbocycles. The molecule has 0 radical (unpaired) electrons. The number of anilines is 1. The Hall–Kier alpha value is -3.39. The summed E-state index contributed by atoms with van der Waals surface area (Å²) in [4.78, 5) is 9.31. The SMILES string of the molecule is Cc1ccc(-n2c(N)c(C#N)c3nc4ccccc4nc32)cc1C. The first kappa shape index (κ1) is 14.2. The highest BCUT2D eigenvalue weighted by atomic mass is 15.1. The monoisotopic (exact) mass is 313 g/mol. The minimum Gasteiger partial charge on any atom is -0.384 e. The third-order valence-electron chi connectivity index (χ3n) is 4.36. The first-order valence-corrected chi connectivity index (χ1v) is 7.64. The lowest BCUT2D eigenvalue weighted by Gasteiger charge is -2.10. The summed E-state index contributed by atoms with van der Waals surface area (Å²) < 4.78 is 1.81. The Morgan fingerprint density at radius 3 is 2.38 bits per heavy atom. The number of rotatable bonds is 1.